The number of hydrogen-bond acceptors (Lipinski definition) is 2. The Balaban J connectivity index is 2.35. The molecular formula is C12H14ClNO2. The highest BCUT2D eigenvalue weighted by Gasteiger charge is 2.30. The highest BCUT2D eigenvalue weighted by Crippen LogP contribution is 2.30. The lowest BCUT2D eigenvalue weighted by molar-refractivity contribution is -0.117. The molecule has 86 valence electrons. The molecule has 0 radical (unpaired) electrons. The van der Waals surface area contributed by atoms with Gasteiger partial charge in [0.15, 0.2) is 0 Å². The predicted octanol–water partition coefficient (Wildman–Crippen LogP) is 2.35. The number of rotatable bonds is 2. The fraction of sp³-hybridized carbons (Fsp3) is 0.417. The van der Waals surface area contributed by atoms with Gasteiger partial charge in [0.1, 0.15) is 5.75 Å². The minimum Gasteiger partial charge on any atom is -0.497 e. The van der Waals surface area contributed by atoms with Crippen molar-refractivity contribution in [3.05, 3.63) is 23.8 Å². The van der Waals surface area contributed by atoms with Crippen molar-refractivity contribution >= 4 is 23.2 Å². The zero-order valence-corrected chi connectivity index (χ0v) is 10.1. The molecule has 1 aliphatic rings. The quantitative estimate of drug-likeness (QED) is 0.742. The maximum absolute atomic E-state index is 11.7. The minimum absolute atomic E-state index is 0.0800. The van der Waals surface area contributed by atoms with Gasteiger partial charge in [0.25, 0.3) is 0 Å². The SMILES string of the molecule is COc1ccc(C)c(N2CC(Cl)CC2=O)c1. The summed E-state index contributed by atoms with van der Waals surface area (Å²) in [7, 11) is 1.62. The van der Waals surface area contributed by atoms with Crippen LogP contribution in [-0.4, -0.2) is 24.9 Å². The number of carbonyl (C=O) groups is 1. The van der Waals surface area contributed by atoms with E-state index in [9.17, 15) is 4.79 Å². The topological polar surface area (TPSA) is 29.5 Å². The molecule has 0 spiro atoms. The summed E-state index contributed by atoms with van der Waals surface area (Å²) in [5.41, 5.74) is 1.95. The summed E-state index contributed by atoms with van der Waals surface area (Å²) < 4.78 is 5.16. The number of benzene rings is 1. The fourth-order valence-corrected chi connectivity index (χ4v) is 2.17. The Morgan fingerprint density at radius 1 is 1.50 bits per heavy atom. The third-order valence-corrected chi connectivity index (χ3v) is 3.08. The lowest BCUT2D eigenvalue weighted by Gasteiger charge is -2.19. The van der Waals surface area contributed by atoms with Crippen LogP contribution >= 0.6 is 11.6 Å². The molecule has 1 amide bonds. The van der Waals surface area contributed by atoms with Crippen molar-refractivity contribution in [2.45, 2.75) is 18.7 Å². The Kier molecular flexibility index (Phi) is 3.06. The molecule has 1 unspecified atom stereocenters. The van der Waals surface area contributed by atoms with Crippen molar-refractivity contribution < 1.29 is 9.53 Å². The van der Waals surface area contributed by atoms with Crippen molar-refractivity contribution in [2.24, 2.45) is 0 Å². The van der Waals surface area contributed by atoms with E-state index in [1.54, 1.807) is 12.0 Å². The largest absolute Gasteiger partial charge is 0.497 e. The fourth-order valence-electron chi connectivity index (χ4n) is 1.90. The molecule has 4 heteroatoms. The Hall–Kier alpha value is -1.22. The Morgan fingerprint density at radius 2 is 2.25 bits per heavy atom. The molecule has 1 heterocycles. The standard InChI is InChI=1S/C12H14ClNO2/c1-8-3-4-10(16-2)6-11(8)14-7-9(13)5-12(14)15/h3-4,6,9H,5,7H2,1-2H3. The molecule has 1 fully saturated rings. The zero-order valence-electron chi connectivity index (χ0n) is 9.37. The molecule has 0 N–H and O–H groups in total. The van der Waals surface area contributed by atoms with Gasteiger partial charge in [-0.2, -0.15) is 0 Å². The number of methoxy groups -OCH3 is 1. The van der Waals surface area contributed by atoms with Gasteiger partial charge in [-0.05, 0) is 18.6 Å². The molecular weight excluding hydrogens is 226 g/mol. The number of anilines is 1. The Bertz CT molecular complexity index is 419. The summed E-state index contributed by atoms with van der Waals surface area (Å²) in [5.74, 6) is 0.836. The number of ether oxygens (including phenoxy) is 1. The number of amides is 1. The number of nitrogens with zero attached hydrogens (tertiary/aromatic N) is 1. The van der Waals surface area contributed by atoms with Gasteiger partial charge in [-0.25, -0.2) is 0 Å². The summed E-state index contributed by atoms with van der Waals surface area (Å²) >= 11 is 5.98. The number of halogens is 1. The molecule has 1 aromatic carbocycles. The molecule has 3 nitrogen and oxygen atoms in total. The molecule has 1 aromatic rings. The van der Waals surface area contributed by atoms with E-state index in [0.717, 1.165) is 17.0 Å². The molecule has 1 aliphatic heterocycles. The number of hydrogen-bond donors (Lipinski definition) is 0. The van der Waals surface area contributed by atoms with E-state index in [0.29, 0.717) is 13.0 Å². The average molecular weight is 240 g/mol. The van der Waals surface area contributed by atoms with Crippen LogP contribution in [0, 0.1) is 6.92 Å². The van der Waals surface area contributed by atoms with E-state index >= 15 is 0 Å². The van der Waals surface area contributed by atoms with Gasteiger partial charge in [-0.1, -0.05) is 6.07 Å². The van der Waals surface area contributed by atoms with Gasteiger partial charge >= 0.3 is 0 Å². The summed E-state index contributed by atoms with van der Waals surface area (Å²) in [4.78, 5) is 13.5. The maximum Gasteiger partial charge on any atom is 0.228 e. The monoisotopic (exact) mass is 239 g/mol. The van der Waals surface area contributed by atoms with E-state index in [1.165, 1.54) is 0 Å². The Labute approximate surface area is 100.0 Å². The normalized spacial score (nSPS) is 20.3. The molecule has 0 saturated carbocycles. The van der Waals surface area contributed by atoms with Crippen LogP contribution in [0.1, 0.15) is 12.0 Å². The van der Waals surface area contributed by atoms with E-state index in [4.69, 9.17) is 16.3 Å². The van der Waals surface area contributed by atoms with Crippen LogP contribution in [0.4, 0.5) is 5.69 Å². The first-order valence-corrected chi connectivity index (χ1v) is 5.64. The van der Waals surface area contributed by atoms with Crippen LogP contribution < -0.4 is 9.64 Å². The first-order valence-electron chi connectivity index (χ1n) is 5.21. The van der Waals surface area contributed by atoms with Gasteiger partial charge in [0, 0.05) is 19.0 Å². The van der Waals surface area contributed by atoms with Crippen molar-refractivity contribution in [3.63, 3.8) is 0 Å². The molecule has 0 aliphatic carbocycles. The molecule has 0 bridgehead atoms. The first kappa shape index (κ1) is 11.3. The Morgan fingerprint density at radius 3 is 2.81 bits per heavy atom. The smallest absolute Gasteiger partial charge is 0.228 e. The first-order chi connectivity index (χ1) is 7.61. The maximum atomic E-state index is 11.7. The van der Waals surface area contributed by atoms with E-state index in [2.05, 4.69) is 0 Å². The van der Waals surface area contributed by atoms with Gasteiger partial charge in [0.2, 0.25) is 5.91 Å². The summed E-state index contributed by atoms with van der Waals surface area (Å²) in [5, 5.41) is -0.0851. The minimum atomic E-state index is -0.0851. The zero-order chi connectivity index (χ0) is 11.7. The number of carbonyl (C=O) groups excluding carboxylic acids is 1. The predicted molar refractivity (Wildman–Crippen MR) is 64.3 cm³/mol. The second-order valence-corrected chi connectivity index (χ2v) is 4.58. The van der Waals surface area contributed by atoms with E-state index < -0.39 is 0 Å². The van der Waals surface area contributed by atoms with Crippen LogP contribution in [0.3, 0.4) is 0 Å². The van der Waals surface area contributed by atoms with Crippen LogP contribution in [0.15, 0.2) is 18.2 Å². The molecule has 1 atom stereocenters. The van der Waals surface area contributed by atoms with Crippen molar-refractivity contribution in [3.8, 4) is 5.75 Å². The lowest BCUT2D eigenvalue weighted by atomic mass is 10.1. The number of aryl methyl sites for hydroxylation is 1. The van der Waals surface area contributed by atoms with E-state index in [-0.39, 0.29) is 11.3 Å². The van der Waals surface area contributed by atoms with Crippen LogP contribution in [0.5, 0.6) is 5.75 Å². The van der Waals surface area contributed by atoms with Crippen molar-refractivity contribution in [2.75, 3.05) is 18.6 Å². The number of alkyl halides is 1. The summed E-state index contributed by atoms with van der Waals surface area (Å²) in [6.07, 6.45) is 0.415. The van der Waals surface area contributed by atoms with Gasteiger partial charge in [-0.15, -0.1) is 11.6 Å². The van der Waals surface area contributed by atoms with Crippen molar-refractivity contribution in [1.82, 2.24) is 0 Å². The highest BCUT2D eigenvalue weighted by molar-refractivity contribution is 6.24. The van der Waals surface area contributed by atoms with Gasteiger partial charge in [0.05, 0.1) is 18.2 Å². The van der Waals surface area contributed by atoms with Crippen LogP contribution in [0.25, 0.3) is 0 Å². The van der Waals surface area contributed by atoms with Crippen LogP contribution in [0.2, 0.25) is 0 Å². The average Bonchev–Trinajstić information content (AvgIpc) is 2.58. The third kappa shape index (κ3) is 2.00. The van der Waals surface area contributed by atoms with Gasteiger partial charge < -0.3 is 9.64 Å². The third-order valence-electron chi connectivity index (χ3n) is 2.78. The molecule has 16 heavy (non-hydrogen) atoms. The molecule has 2 rings (SSSR count). The molecule has 1 saturated heterocycles. The van der Waals surface area contributed by atoms with Gasteiger partial charge in [-0.3, -0.25) is 4.79 Å². The van der Waals surface area contributed by atoms with E-state index in [1.807, 2.05) is 25.1 Å². The van der Waals surface area contributed by atoms with Crippen LogP contribution in [-0.2, 0) is 4.79 Å². The second-order valence-electron chi connectivity index (χ2n) is 3.96. The van der Waals surface area contributed by atoms with Crippen molar-refractivity contribution in [1.29, 1.82) is 0 Å². The summed E-state index contributed by atoms with van der Waals surface area (Å²) in [6, 6.07) is 5.71. The lowest BCUT2D eigenvalue weighted by Crippen LogP contribution is -2.25. The second kappa shape index (κ2) is 4.34. The molecule has 0 aromatic heterocycles. The highest BCUT2D eigenvalue weighted by atomic mass is 35.5. The summed E-state index contributed by atoms with van der Waals surface area (Å²) in [6.45, 7) is 2.55.